The van der Waals surface area contributed by atoms with Crippen molar-refractivity contribution in [3.8, 4) is 0 Å². The number of para-hydroxylation sites is 2. The molecule has 4 nitrogen and oxygen atoms in total. The lowest BCUT2D eigenvalue weighted by molar-refractivity contribution is 0.114. The van der Waals surface area contributed by atoms with Crippen LogP contribution < -0.4 is 15.5 Å². The SMILES string of the molecule is COC(CN)CN1CCN(C)c2ccccc21. The van der Waals surface area contributed by atoms with Gasteiger partial charge in [0.25, 0.3) is 0 Å². The van der Waals surface area contributed by atoms with Crippen LogP contribution in [0.4, 0.5) is 11.4 Å². The van der Waals surface area contributed by atoms with Gasteiger partial charge >= 0.3 is 0 Å². The van der Waals surface area contributed by atoms with Crippen molar-refractivity contribution in [3.63, 3.8) is 0 Å². The van der Waals surface area contributed by atoms with Gasteiger partial charge in [0.15, 0.2) is 0 Å². The minimum Gasteiger partial charge on any atom is -0.378 e. The van der Waals surface area contributed by atoms with Crippen LogP contribution in [-0.2, 0) is 4.74 Å². The Morgan fingerprint density at radius 2 is 2.00 bits per heavy atom. The summed E-state index contributed by atoms with van der Waals surface area (Å²) in [7, 11) is 3.85. The minimum atomic E-state index is 0.103. The zero-order chi connectivity index (χ0) is 12.3. The molecule has 0 saturated heterocycles. The number of hydrogen-bond donors (Lipinski definition) is 1. The van der Waals surface area contributed by atoms with Gasteiger partial charge < -0.3 is 20.3 Å². The fourth-order valence-electron chi connectivity index (χ4n) is 2.25. The fraction of sp³-hybridized carbons (Fsp3) is 0.538. The maximum absolute atomic E-state index is 5.69. The highest BCUT2D eigenvalue weighted by molar-refractivity contribution is 5.73. The molecule has 0 aromatic heterocycles. The first kappa shape index (κ1) is 12.2. The number of nitrogens with zero attached hydrogens (tertiary/aromatic N) is 2. The van der Waals surface area contributed by atoms with Crippen molar-refractivity contribution < 1.29 is 4.74 Å². The first-order valence-electron chi connectivity index (χ1n) is 6.04. The molecule has 0 bridgehead atoms. The molecule has 1 aliphatic rings. The van der Waals surface area contributed by atoms with Crippen LogP contribution in [0.3, 0.4) is 0 Å². The lowest BCUT2D eigenvalue weighted by Gasteiger charge is -2.38. The van der Waals surface area contributed by atoms with Crippen LogP contribution in [0, 0.1) is 0 Å². The second kappa shape index (κ2) is 5.38. The van der Waals surface area contributed by atoms with E-state index in [0.29, 0.717) is 6.54 Å². The molecule has 0 spiro atoms. The van der Waals surface area contributed by atoms with E-state index in [-0.39, 0.29) is 6.10 Å². The summed E-state index contributed by atoms with van der Waals surface area (Å²) in [5, 5.41) is 0. The summed E-state index contributed by atoms with van der Waals surface area (Å²) in [5.74, 6) is 0. The van der Waals surface area contributed by atoms with Gasteiger partial charge in [-0.2, -0.15) is 0 Å². The van der Waals surface area contributed by atoms with Crippen LogP contribution in [0.5, 0.6) is 0 Å². The third kappa shape index (κ3) is 2.53. The number of ether oxygens (including phenoxy) is 1. The Kier molecular flexibility index (Phi) is 3.86. The van der Waals surface area contributed by atoms with Crippen LogP contribution in [0.25, 0.3) is 0 Å². The van der Waals surface area contributed by atoms with E-state index in [4.69, 9.17) is 10.5 Å². The molecule has 1 aliphatic heterocycles. The number of methoxy groups -OCH3 is 1. The standard InChI is InChI=1S/C13H21N3O/c1-15-7-8-16(10-11(9-14)17-2)13-6-4-3-5-12(13)15/h3-6,11H,7-10,14H2,1-2H3. The predicted octanol–water partition coefficient (Wildman–Crippen LogP) is 0.917. The largest absolute Gasteiger partial charge is 0.378 e. The van der Waals surface area contributed by atoms with Gasteiger partial charge in [0, 0.05) is 40.3 Å². The van der Waals surface area contributed by atoms with Gasteiger partial charge in [0.05, 0.1) is 17.5 Å². The average molecular weight is 235 g/mol. The van der Waals surface area contributed by atoms with Gasteiger partial charge in [-0.1, -0.05) is 12.1 Å². The summed E-state index contributed by atoms with van der Waals surface area (Å²) in [4.78, 5) is 4.65. The Morgan fingerprint density at radius 3 is 2.65 bits per heavy atom. The molecule has 1 aromatic carbocycles. The van der Waals surface area contributed by atoms with E-state index in [2.05, 4.69) is 41.1 Å². The number of likely N-dealkylation sites (N-methyl/N-ethyl adjacent to an activating group) is 1. The summed E-state index contributed by atoms with van der Waals surface area (Å²) >= 11 is 0. The first-order chi connectivity index (χ1) is 8.26. The third-order valence-corrected chi connectivity index (χ3v) is 3.36. The van der Waals surface area contributed by atoms with Crippen LogP contribution in [0.15, 0.2) is 24.3 Å². The highest BCUT2D eigenvalue weighted by Crippen LogP contribution is 2.31. The van der Waals surface area contributed by atoms with Crippen molar-refractivity contribution >= 4 is 11.4 Å². The molecule has 1 heterocycles. The van der Waals surface area contributed by atoms with E-state index in [1.54, 1.807) is 7.11 Å². The van der Waals surface area contributed by atoms with Crippen LogP contribution >= 0.6 is 0 Å². The summed E-state index contributed by atoms with van der Waals surface area (Å²) in [6.07, 6.45) is 0.103. The predicted molar refractivity (Wildman–Crippen MR) is 71.8 cm³/mol. The smallest absolute Gasteiger partial charge is 0.0868 e. The summed E-state index contributed by atoms with van der Waals surface area (Å²) in [6.45, 7) is 3.48. The normalized spacial score (nSPS) is 16.9. The van der Waals surface area contributed by atoms with Crippen molar-refractivity contribution in [3.05, 3.63) is 24.3 Å². The Bertz CT molecular complexity index is 365. The van der Waals surface area contributed by atoms with Crippen LogP contribution in [0.1, 0.15) is 0 Å². The van der Waals surface area contributed by atoms with E-state index in [0.717, 1.165) is 19.6 Å². The molecule has 2 N–H and O–H groups in total. The number of nitrogens with two attached hydrogens (primary N) is 1. The lowest BCUT2D eigenvalue weighted by atomic mass is 10.1. The van der Waals surface area contributed by atoms with Gasteiger partial charge in [-0.05, 0) is 12.1 Å². The van der Waals surface area contributed by atoms with Crippen molar-refractivity contribution in [2.24, 2.45) is 5.73 Å². The zero-order valence-corrected chi connectivity index (χ0v) is 10.6. The zero-order valence-electron chi connectivity index (χ0n) is 10.6. The van der Waals surface area contributed by atoms with Gasteiger partial charge in [-0.15, -0.1) is 0 Å². The Morgan fingerprint density at radius 1 is 1.29 bits per heavy atom. The van der Waals surface area contributed by atoms with E-state index in [1.807, 2.05) is 0 Å². The molecule has 0 aliphatic carbocycles. The molecule has 1 aromatic rings. The first-order valence-corrected chi connectivity index (χ1v) is 6.04. The second-order valence-corrected chi connectivity index (χ2v) is 4.45. The monoisotopic (exact) mass is 235 g/mol. The molecule has 0 fully saturated rings. The number of fused-ring (bicyclic) bond motifs is 1. The number of benzene rings is 1. The van der Waals surface area contributed by atoms with Gasteiger partial charge in [-0.25, -0.2) is 0 Å². The quantitative estimate of drug-likeness (QED) is 0.842. The van der Waals surface area contributed by atoms with Crippen LogP contribution in [-0.4, -0.2) is 46.4 Å². The second-order valence-electron chi connectivity index (χ2n) is 4.45. The van der Waals surface area contributed by atoms with E-state index >= 15 is 0 Å². The molecule has 1 atom stereocenters. The fourth-order valence-corrected chi connectivity index (χ4v) is 2.25. The summed E-state index contributed by atoms with van der Waals surface area (Å²) in [5.41, 5.74) is 8.24. The Balaban J connectivity index is 2.18. The van der Waals surface area contributed by atoms with Gasteiger partial charge in [0.2, 0.25) is 0 Å². The number of anilines is 2. The molecule has 0 radical (unpaired) electrons. The summed E-state index contributed by atoms with van der Waals surface area (Å²) < 4.78 is 5.36. The van der Waals surface area contributed by atoms with Crippen molar-refractivity contribution in [2.75, 3.05) is 50.1 Å². The maximum atomic E-state index is 5.69. The molecule has 2 rings (SSSR count). The molecular weight excluding hydrogens is 214 g/mol. The molecule has 1 unspecified atom stereocenters. The van der Waals surface area contributed by atoms with Crippen molar-refractivity contribution in [1.82, 2.24) is 0 Å². The number of hydrogen-bond acceptors (Lipinski definition) is 4. The highest BCUT2D eigenvalue weighted by atomic mass is 16.5. The molecule has 0 saturated carbocycles. The molecule has 4 heteroatoms. The van der Waals surface area contributed by atoms with E-state index in [9.17, 15) is 0 Å². The Hall–Kier alpha value is -1.26. The van der Waals surface area contributed by atoms with Gasteiger partial charge in [0.1, 0.15) is 0 Å². The van der Waals surface area contributed by atoms with E-state index < -0.39 is 0 Å². The molecule has 0 amide bonds. The van der Waals surface area contributed by atoms with Gasteiger partial charge in [-0.3, -0.25) is 0 Å². The topological polar surface area (TPSA) is 41.7 Å². The molecule has 17 heavy (non-hydrogen) atoms. The van der Waals surface area contributed by atoms with E-state index in [1.165, 1.54) is 11.4 Å². The third-order valence-electron chi connectivity index (χ3n) is 3.36. The minimum absolute atomic E-state index is 0.103. The van der Waals surface area contributed by atoms with Crippen molar-refractivity contribution in [2.45, 2.75) is 6.10 Å². The molecule has 94 valence electrons. The summed E-state index contributed by atoms with van der Waals surface area (Å²) in [6, 6.07) is 8.48. The highest BCUT2D eigenvalue weighted by Gasteiger charge is 2.21. The Labute approximate surface area is 103 Å². The maximum Gasteiger partial charge on any atom is 0.0868 e. The van der Waals surface area contributed by atoms with Crippen LogP contribution in [0.2, 0.25) is 0 Å². The van der Waals surface area contributed by atoms with Crippen molar-refractivity contribution in [1.29, 1.82) is 0 Å². The molecular formula is C13H21N3O. The lowest BCUT2D eigenvalue weighted by Crippen LogP contribution is -2.44. The average Bonchev–Trinajstić information content (AvgIpc) is 2.38. The number of rotatable bonds is 4.